The number of anilines is 1. The van der Waals surface area contributed by atoms with Gasteiger partial charge >= 0.3 is 6.01 Å². The minimum absolute atomic E-state index is 0.0249. The number of carbonyl (C=O) groups is 1. The molecule has 2 aliphatic heterocycles. The fourth-order valence-corrected chi connectivity index (χ4v) is 5.16. The third-order valence-electron chi connectivity index (χ3n) is 7.09. The lowest BCUT2D eigenvalue weighted by atomic mass is 10.0. The monoisotopic (exact) mass is 610 g/mol. The maximum atomic E-state index is 16.3. The molecule has 13 heteroatoms. The van der Waals surface area contributed by atoms with Gasteiger partial charge in [-0.15, -0.1) is 0 Å². The van der Waals surface area contributed by atoms with Crippen LogP contribution in [0, 0.1) is 28.9 Å². The van der Waals surface area contributed by atoms with E-state index in [1.54, 1.807) is 30.3 Å². The van der Waals surface area contributed by atoms with Gasteiger partial charge in [0.2, 0.25) is 0 Å². The van der Waals surface area contributed by atoms with Crippen molar-refractivity contribution in [2.75, 3.05) is 50.9 Å². The summed E-state index contributed by atoms with van der Waals surface area (Å²) in [4.78, 5) is 28.6. The highest BCUT2D eigenvalue weighted by molar-refractivity contribution is 6.36. The van der Waals surface area contributed by atoms with E-state index in [2.05, 4.69) is 21.5 Å². The number of rotatable bonds is 6. The van der Waals surface area contributed by atoms with E-state index in [0.717, 1.165) is 0 Å². The van der Waals surface area contributed by atoms with Crippen molar-refractivity contribution in [1.29, 1.82) is 5.26 Å². The highest BCUT2D eigenvalue weighted by Crippen LogP contribution is 2.38. The summed E-state index contributed by atoms with van der Waals surface area (Å²) in [6, 6.07) is 9.63. The lowest BCUT2D eigenvalue weighted by Gasteiger charge is -2.35. The van der Waals surface area contributed by atoms with Crippen molar-refractivity contribution < 1.29 is 27.4 Å². The largest absolute Gasteiger partial charge is 0.463 e. The lowest BCUT2D eigenvalue weighted by Crippen LogP contribution is -2.49. The molecule has 0 spiro atoms. The standard InChI is InChI=1S/C28H23ClF3N5O3.C2H3N/c1-15(30)27(38)37-9-7-36(8-10-37)26-19-11-33-24(18-4-2-3-17-5-6-20(31)22(29)21(17)18)23(32)25(19)34-28(35-26)40-14-16-12-39-13-16;1-2-3/h2-6,11,16H,1,7-10,12-14H2;1H3. The summed E-state index contributed by atoms with van der Waals surface area (Å²) in [6.45, 7) is 6.97. The third-order valence-corrected chi connectivity index (χ3v) is 7.46. The number of hydrogen-bond acceptors (Lipinski definition) is 8. The number of pyridine rings is 1. The van der Waals surface area contributed by atoms with Gasteiger partial charge in [-0.3, -0.25) is 9.78 Å². The molecule has 6 rings (SSSR count). The number of aromatic nitrogens is 3. The van der Waals surface area contributed by atoms with E-state index in [-0.39, 0.29) is 41.3 Å². The molecular formula is C30H26ClF3N6O3. The number of benzene rings is 2. The van der Waals surface area contributed by atoms with Crippen LogP contribution < -0.4 is 9.64 Å². The van der Waals surface area contributed by atoms with E-state index in [9.17, 15) is 13.6 Å². The molecule has 2 aliphatic rings. The number of hydrogen-bond donors (Lipinski definition) is 0. The van der Waals surface area contributed by atoms with E-state index in [4.69, 9.17) is 26.3 Å². The molecule has 0 N–H and O–H groups in total. The van der Waals surface area contributed by atoms with Crippen LogP contribution in [0.5, 0.6) is 6.01 Å². The summed E-state index contributed by atoms with van der Waals surface area (Å²) in [5, 5.41) is 8.48. The summed E-state index contributed by atoms with van der Waals surface area (Å²) >= 11 is 6.30. The fraction of sp³-hybridized carbons (Fsp3) is 0.300. The zero-order valence-electron chi connectivity index (χ0n) is 23.1. The van der Waals surface area contributed by atoms with Crippen molar-refractivity contribution >= 4 is 45.0 Å². The highest BCUT2D eigenvalue weighted by Gasteiger charge is 2.28. The Morgan fingerprint density at radius 2 is 1.91 bits per heavy atom. The van der Waals surface area contributed by atoms with E-state index in [1.165, 1.54) is 24.1 Å². The molecule has 4 aromatic rings. The number of ether oxygens (including phenoxy) is 2. The smallest absolute Gasteiger partial charge is 0.319 e. The van der Waals surface area contributed by atoms with Gasteiger partial charge in [0.1, 0.15) is 22.8 Å². The van der Waals surface area contributed by atoms with Crippen molar-refractivity contribution in [3.8, 4) is 23.3 Å². The zero-order valence-corrected chi connectivity index (χ0v) is 23.9. The van der Waals surface area contributed by atoms with Gasteiger partial charge in [-0.25, -0.2) is 13.2 Å². The highest BCUT2D eigenvalue weighted by atomic mass is 35.5. The van der Waals surface area contributed by atoms with Crippen LogP contribution in [-0.4, -0.2) is 71.8 Å². The Kier molecular flexibility index (Phi) is 8.94. The lowest BCUT2D eigenvalue weighted by molar-refractivity contribution is -0.128. The third kappa shape index (κ3) is 6.04. The number of nitriles is 1. The predicted molar refractivity (Wildman–Crippen MR) is 155 cm³/mol. The molecule has 0 bridgehead atoms. The fourth-order valence-electron chi connectivity index (χ4n) is 4.89. The van der Waals surface area contributed by atoms with Crippen LogP contribution >= 0.6 is 11.6 Å². The summed E-state index contributed by atoms with van der Waals surface area (Å²) in [5.74, 6) is -2.61. The van der Waals surface area contributed by atoms with E-state index < -0.39 is 23.4 Å². The molecule has 1 amide bonds. The first-order valence-corrected chi connectivity index (χ1v) is 13.7. The Labute approximate surface area is 250 Å². The minimum Gasteiger partial charge on any atom is -0.463 e. The molecule has 9 nitrogen and oxygen atoms in total. The predicted octanol–water partition coefficient (Wildman–Crippen LogP) is 5.46. The molecule has 2 saturated heterocycles. The van der Waals surface area contributed by atoms with Gasteiger partial charge in [-0.05, 0) is 11.5 Å². The van der Waals surface area contributed by atoms with E-state index in [1.807, 2.05) is 4.90 Å². The summed E-state index contributed by atoms with van der Waals surface area (Å²) in [6.07, 6.45) is 1.46. The van der Waals surface area contributed by atoms with E-state index in [0.29, 0.717) is 60.5 Å². The van der Waals surface area contributed by atoms with E-state index >= 15 is 4.39 Å². The second-order valence-electron chi connectivity index (χ2n) is 9.90. The number of nitrogens with zero attached hydrogens (tertiary/aromatic N) is 6. The van der Waals surface area contributed by atoms with Gasteiger partial charge < -0.3 is 19.3 Å². The Bertz CT molecular complexity index is 1750. The Hall–Kier alpha value is -4.47. The molecule has 0 radical (unpaired) electrons. The maximum Gasteiger partial charge on any atom is 0.319 e. The van der Waals surface area contributed by atoms with Crippen LogP contribution in [0.1, 0.15) is 6.92 Å². The van der Waals surface area contributed by atoms with Gasteiger partial charge in [0, 0.05) is 56.2 Å². The van der Waals surface area contributed by atoms with Crippen molar-refractivity contribution in [3.05, 3.63) is 65.6 Å². The van der Waals surface area contributed by atoms with Crippen LogP contribution in [0.2, 0.25) is 5.02 Å². The molecular weight excluding hydrogens is 585 g/mol. The Morgan fingerprint density at radius 3 is 2.56 bits per heavy atom. The van der Waals surface area contributed by atoms with Crippen molar-refractivity contribution in [2.45, 2.75) is 6.92 Å². The molecule has 0 unspecified atom stereocenters. The molecule has 2 fully saturated rings. The zero-order chi connectivity index (χ0) is 30.7. The topological polar surface area (TPSA) is 104 Å². The van der Waals surface area contributed by atoms with Gasteiger partial charge in [0.15, 0.2) is 11.6 Å². The Balaban J connectivity index is 0.00000118. The summed E-state index contributed by atoms with van der Waals surface area (Å²) in [7, 11) is 0. The normalized spacial score (nSPS) is 15.0. The quantitative estimate of drug-likeness (QED) is 0.265. The first kappa shape index (κ1) is 30.0. The summed E-state index contributed by atoms with van der Waals surface area (Å²) in [5.41, 5.74) is 0.231. The molecule has 2 aromatic carbocycles. The first-order valence-electron chi connectivity index (χ1n) is 13.4. The number of halogens is 4. The molecule has 4 heterocycles. The molecule has 0 saturated carbocycles. The molecule has 43 heavy (non-hydrogen) atoms. The van der Waals surface area contributed by atoms with Crippen molar-refractivity contribution in [3.63, 3.8) is 0 Å². The van der Waals surface area contributed by atoms with Gasteiger partial charge in [0.05, 0.1) is 36.3 Å². The maximum absolute atomic E-state index is 16.3. The van der Waals surface area contributed by atoms with Crippen molar-refractivity contribution in [2.24, 2.45) is 5.92 Å². The first-order chi connectivity index (χ1) is 20.7. The molecule has 2 aromatic heterocycles. The molecule has 0 aliphatic carbocycles. The molecule has 0 atom stereocenters. The van der Waals surface area contributed by atoms with Crippen LogP contribution in [0.3, 0.4) is 0 Å². The number of amides is 1. The SMILES string of the molecule is C=C(F)C(=O)N1CCN(c2nc(OCC3COC3)nc3c(F)c(-c4cccc5ccc(F)c(Cl)c45)ncc23)CC1.CC#N. The summed E-state index contributed by atoms with van der Waals surface area (Å²) < 4.78 is 55.1. The average molecular weight is 611 g/mol. The Morgan fingerprint density at radius 1 is 1.19 bits per heavy atom. The van der Waals surface area contributed by atoms with Gasteiger partial charge in [-0.2, -0.15) is 15.2 Å². The van der Waals surface area contributed by atoms with Crippen LogP contribution in [0.25, 0.3) is 32.9 Å². The number of carbonyl (C=O) groups excluding carboxylic acids is 1. The van der Waals surface area contributed by atoms with Crippen LogP contribution in [0.4, 0.5) is 19.0 Å². The average Bonchev–Trinajstić information content (AvgIpc) is 2.98. The number of fused-ring (bicyclic) bond motifs is 2. The molecule has 222 valence electrons. The second kappa shape index (κ2) is 12.8. The van der Waals surface area contributed by atoms with Gasteiger partial charge in [0.25, 0.3) is 5.91 Å². The minimum atomic E-state index is -1.02. The van der Waals surface area contributed by atoms with Crippen LogP contribution in [-0.2, 0) is 9.53 Å². The second-order valence-corrected chi connectivity index (χ2v) is 10.3. The van der Waals surface area contributed by atoms with Gasteiger partial charge in [-0.1, -0.05) is 42.4 Å². The number of piperazine rings is 1. The van der Waals surface area contributed by atoms with Crippen molar-refractivity contribution in [1.82, 2.24) is 19.9 Å². The van der Waals surface area contributed by atoms with Crippen LogP contribution in [0.15, 0.2) is 48.9 Å².